The molecule has 0 fully saturated rings. The van der Waals surface area contributed by atoms with Crippen LogP contribution in [0.1, 0.15) is 29.3 Å². The van der Waals surface area contributed by atoms with Crippen LogP contribution in [0.5, 0.6) is 0 Å². The summed E-state index contributed by atoms with van der Waals surface area (Å²) in [5, 5.41) is 6.03. The highest BCUT2D eigenvalue weighted by Crippen LogP contribution is 2.18. The van der Waals surface area contributed by atoms with Gasteiger partial charge in [-0.2, -0.15) is 0 Å². The van der Waals surface area contributed by atoms with Gasteiger partial charge in [-0.1, -0.05) is 43.3 Å². The standard InChI is InChI=1S/C19H24N2O3S/c1-2-12-20-13-14-21-19(22)18-11-7-6-8-16(18)15-25(23,24)17-9-4-3-5-10-17/h3-11,20H,2,12-15H2,1H3,(H,21,22). The van der Waals surface area contributed by atoms with Gasteiger partial charge in [0.1, 0.15) is 0 Å². The maximum Gasteiger partial charge on any atom is 0.251 e. The molecule has 2 aromatic rings. The van der Waals surface area contributed by atoms with Crippen molar-refractivity contribution >= 4 is 15.7 Å². The molecule has 134 valence electrons. The Bertz CT molecular complexity index is 789. The zero-order valence-electron chi connectivity index (χ0n) is 14.4. The highest BCUT2D eigenvalue weighted by Gasteiger charge is 2.19. The predicted molar refractivity (Wildman–Crippen MR) is 99.3 cm³/mol. The molecule has 0 aromatic heterocycles. The first kappa shape index (κ1) is 19.1. The maximum absolute atomic E-state index is 12.6. The summed E-state index contributed by atoms with van der Waals surface area (Å²) in [6.07, 6.45) is 1.04. The van der Waals surface area contributed by atoms with Crippen LogP contribution >= 0.6 is 0 Å². The van der Waals surface area contributed by atoms with Gasteiger partial charge in [0.15, 0.2) is 9.84 Å². The van der Waals surface area contributed by atoms with E-state index in [0.717, 1.165) is 13.0 Å². The zero-order valence-corrected chi connectivity index (χ0v) is 15.2. The van der Waals surface area contributed by atoms with Crippen LogP contribution < -0.4 is 10.6 Å². The lowest BCUT2D eigenvalue weighted by atomic mass is 10.1. The first-order valence-corrected chi connectivity index (χ1v) is 10.0. The van der Waals surface area contributed by atoms with E-state index in [2.05, 4.69) is 17.6 Å². The Morgan fingerprint density at radius 1 is 0.920 bits per heavy atom. The van der Waals surface area contributed by atoms with Crippen LogP contribution in [0.4, 0.5) is 0 Å². The number of carbonyl (C=O) groups excluding carboxylic acids is 1. The summed E-state index contributed by atoms with van der Waals surface area (Å²) in [4.78, 5) is 12.6. The van der Waals surface area contributed by atoms with Crippen molar-refractivity contribution in [3.05, 3.63) is 65.7 Å². The summed E-state index contributed by atoms with van der Waals surface area (Å²) in [6, 6.07) is 15.1. The Kier molecular flexibility index (Phi) is 7.16. The van der Waals surface area contributed by atoms with Crippen LogP contribution in [-0.4, -0.2) is 34.0 Å². The minimum Gasteiger partial charge on any atom is -0.351 e. The van der Waals surface area contributed by atoms with E-state index in [0.29, 0.717) is 24.2 Å². The van der Waals surface area contributed by atoms with Crippen LogP contribution in [-0.2, 0) is 15.6 Å². The van der Waals surface area contributed by atoms with Crippen molar-refractivity contribution in [2.45, 2.75) is 24.0 Å². The molecule has 0 heterocycles. The van der Waals surface area contributed by atoms with Crippen LogP contribution in [0.3, 0.4) is 0 Å². The second-order valence-electron chi connectivity index (χ2n) is 5.74. The molecule has 0 bridgehead atoms. The molecule has 6 heteroatoms. The van der Waals surface area contributed by atoms with Crippen molar-refractivity contribution < 1.29 is 13.2 Å². The molecule has 0 saturated heterocycles. The number of amides is 1. The number of hydrogen-bond acceptors (Lipinski definition) is 4. The van der Waals surface area contributed by atoms with Gasteiger partial charge in [0.05, 0.1) is 10.6 Å². The fraction of sp³-hybridized carbons (Fsp3) is 0.316. The molecule has 5 nitrogen and oxygen atoms in total. The average Bonchev–Trinajstić information content (AvgIpc) is 2.62. The molecule has 0 radical (unpaired) electrons. The number of benzene rings is 2. The predicted octanol–water partition coefficient (Wildman–Crippen LogP) is 2.39. The third kappa shape index (κ3) is 5.69. The fourth-order valence-electron chi connectivity index (χ4n) is 2.44. The number of sulfone groups is 1. The van der Waals surface area contributed by atoms with E-state index in [1.54, 1.807) is 54.6 Å². The molecule has 2 aromatic carbocycles. The van der Waals surface area contributed by atoms with E-state index in [1.165, 1.54) is 0 Å². The van der Waals surface area contributed by atoms with Crippen molar-refractivity contribution in [2.24, 2.45) is 0 Å². The molecule has 0 spiro atoms. The molecule has 1 amide bonds. The number of carbonyl (C=O) groups is 1. The van der Waals surface area contributed by atoms with Crippen molar-refractivity contribution in [2.75, 3.05) is 19.6 Å². The largest absolute Gasteiger partial charge is 0.351 e. The van der Waals surface area contributed by atoms with Crippen molar-refractivity contribution in [1.29, 1.82) is 0 Å². The Balaban J connectivity index is 2.09. The van der Waals surface area contributed by atoms with Crippen LogP contribution in [0.2, 0.25) is 0 Å². The van der Waals surface area contributed by atoms with Crippen LogP contribution in [0, 0.1) is 0 Å². The molecule has 0 aliphatic heterocycles. The molecule has 0 atom stereocenters. The molecule has 2 N–H and O–H groups in total. The summed E-state index contributed by atoms with van der Waals surface area (Å²) in [6.45, 7) is 4.17. The summed E-state index contributed by atoms with van der Waals surface area (Å²) in [5.74, 6) is -0.452. The second-order valence-corrected chi connectivity index (χ2v) is 7.72. The van der Waals surface area contributed by atoms with Crippen molar-refractivity contribution in [3.8, 4) is 0 Å². The van der Waals surface area contributed by atoms with Gasteiger partial charge in [0.25, 0.3) is 5.91 Å². The number of nitrogens with one attached hydrogen (secondary N) is 2. The van der Waals surface area contributed by atoms with Gasteiger partial charge in [-0.25, -0.2) is 8.42 Å². The molecular formula is C19H24N2O3S. The van der Waals surface area contributed by atoms with Gasteiger partial charge in [-0.3, -0.25) is 4.79 Å². The summed E-state index contributed by atoms with van der Waals surface area (Å²) >= 11 is 0. The third-order valence-electron chi connectivity index (χ3n) is 3.72. The van der Waals surface area contributed by atoms with E-state index in [9.17, 15) is 13.2 Å². The van der Waals surface area contributed by atoms with Crippen molar-refractivity contribution in [1.82, 2.24) is 10.6 Å². The Morgan fingerprint density at radius 2 is 1.60 bits per heavy atom. The van der Waals surface area contributed by atoms with Crippen LogP contribution in [0.15, 0.2) is 59.5 Å². The fourth-order valence-corrected chi connectivity index (χ4v) is 3.84. The third-order valence-corrected chi connectivity index (χ3v) is 5.41. The van der Waals surface area contributed by atoms with Gasteiger partial charge in [-0.15, -0.1) is 0 Å². The van der Waals surface area contributed by atoms with Gasteiger partial charge >= 0.3 is 0 Å². The lowest BCUT2D eigenvalue weighted by Crippen LogP contribution is -2.32. The van der Waals surface area contributed by atoms with Crippen LogP contribution in [0.25, 0.3) is 0 Å². The first-order valence-electron chi connectivity index (χ1n) is 8.39. The minimum absolute atomic E-state index is 0.200. The highest BCUT2D eigenvalue weighted by atomic mass is 32.2. The topological polar surface area (TPSA) is 75.3 Å². The highest BCUT2D eigenvalue weighted by molar-refractivity contribution is 7.90. The van der Waals surface area contributed by atoms with Gasteiger partial charge < -0.3 is 10.6 Å². The molecular weight excluding hydrogens is 336 g/mol. The van der Waals surface area contributed by atoms with E-state index in [-0.39, 0.29) is 16.6 Å². The second kappa shape index (κ2) is 9.34. The van der Waals surface area contributed by atoms with Crippen molar-refractivity contribution in [3.63, 3.8) is 0 Å². The summed E-state index contributed by atoms with van der Waals surface area (Å²) in [5.41, 5.74) is 0.905. The lowest BCUT2D eigenvalue weighted by molar-refractivity contribution is 0.0953. The monoisotopic (exact) mass is 360 g/mol. The smallest absolute Gasteiger partial charge is 0.251 e. The summed E-state index contributed by atoms with van der Waals surface area (Å²) in [7, 11) is -3.49. The Labute approximate surface area is 149 Å². The normalized spacial score (nSPS) is 11.2. The minimum atomic E-state index is -3.49. The Hall–Kier alpha value is -2.18. The van der Waals surface area contributed by atoms with Gasteiger partial charge in [-0.05, 0) is 36.7 Å². The lowest BCUT2D eigenvalue weighted by Gasteiger charge is -2.11. The SMILES string of the molecule is CCCNCCNC(=O)c1ccccc1CS(=O)(=O)c1ccccc1. The molecule has 0 aliphatic carbocycles. The van der Waals surface area contributed by atoms with Gasteiger partial charge in [0.2, 0.25) is 0 Å². The van der Waals surface area contributed by atoms with E-state index < -0.39 is 9.84 Å². The van der Waals surface area contributed by atoms with E-state index in [1.807, 2.05) is 0 Å². The average molecular weight is 360 g/mol. The first-order chi connectivity index (χ1) is 12.0. The van der Waals surface area contributed by atoms with E-state index in [4.69, 9.17) is 0 Å². The molecule has 25 heavy (non-hydrogen) atoms. The van der Waals surface area contributed by atoms with Gasteiger partial charge in [0, 0.05) is 18.7 Å². The summed E-state index contributed by atoms with van der Waals surface area (Å²) < 4.78 is 25.1. The molecule has 0 unspecified atom stereocenters. The number of hydrogen-bond donors (Lipinski definition) is 2. The Morgan fingerprint density at radius 3 is 2.32 bits per heavy atom. The molecule has 2 rings (SSSR count). The quantitative estimate of drug-likeness (QED) is 0.673. The van der Waals surface area contributed by atoms with E-state index >= 15 is 0 Å². The maximum atomic E-state index is 12.6. The zero-order chi connectivity index (χ0) is 18.1. The molecule has 0 aliphatic rings. The molecule has 0 saturated carbocycles. The number of rotatable bonds is 9.